The summed E-state index contributed by atoms with van der Waals surface area (Å²) in [6, 6.07) is -0.745. The van der Waals surface area contributed by atoms with Gasteiger partial charge in [-0.3, -0.25) is 0 Å². The summed E-state index contributed by atoms with van der Waals surface area (Å²) in [5, 5.41) is 14.3. The van der Waals surface area contributed by atoms with Crippen LogP contribution in [0.2, 0.25) is 0 Å². The fourth-order valence-electron chi connectivity index (χ4n) is 1.01. The van der Waals surface area contributed by atoms with Crippen molar-refractivity contribution in [3.63, 3.8) is 0 Å². The Morgan fingerprint density at radius 1 is 1.80 bits per heavy atom. The maximum absolute atomic E-state index is 11.2. The van der Waals surface area contributed by atoms with E-state index in [2.05, 4.69) is 15.0 Å². The minimum atomic E-state index is -0.745. The molecule has 84 valence electrons. The molecule has 1 heterocycles. The molecule has 1 aromatic rings. The van der Waals surface area contributed by atoms with Crippen molar-refractivity contribution in [3.05, 3.63) is 11.1 Å². The van der Waals surface area contributed by atoms with E-state index in [0.29, 0.717) is 5.13 Å². The molecule has 0 saturated carbocycles. The van der Waals surface area contributed by atoms with Crippen molar-refractivity contribution >= 4 is 22.4 Å². The first-order chi connectivity index (χ1) is 7.21. The number of thiazole rings is 1. The molecule has 0 aliphatic heterocycles. The van der Waals surface area contributed by atoms with E-state index in [4.69, 9.17) is 5.11 Å². The normalized spacial score (nSPS) is 12.2. The van der Waals surface area contributed by atoms with Crippen LogP contribution in [0.3, 0.4) is 0 Å². The molecule has 0 aliphatic rings. The molecule has 0 saturated heterocycles. The molecule has 2 N–H and O–H groups in total. The summed E-state index contributed by atoms with van der Waals surface area (Å²) in [5.41, 5.74) is 0.962. The predicted octanol–water partition coefficient (Wildman–Crippen LogP) is 0.651. The van der Waals surface area contributed by atoms with Gasteiger partial charge in [-0.15, -0.1) is 11.3 Å². The van der Waals surface area contributed by atoms with Crippen LogP contribution in [0.15, 0.2) is 5.38 Å². The Morgan fingerprint density at radius 3 is 3.00 bits per heavy atom. The molecule has 15 heavy (non-hydrogen) atoms. The second-order valence-corrected chi connectivity index (χ2v) is 3.76. The lowest BCUT2D eigenvalue weighted by Gasteiger charge is -2.12. The second kappa shape index (κ2) is 5.67. The van der Waals surface area contributed by atoms with Crippen molar-refractivity contribution in [2.45, 2.75) is 19.4 Å². The molecule has 1 aromatic heterocycles. The van der Waals surface area contributed by atoms with E-state index in [1.165, 1.54) is 18.4 Å². The first-order valence-corrected chi connectivity index (χ1v) is 5.48. The SMILES string of the molecule is CCc1csc(NC(CO)C(=O)OC)n1. The Kier molecular flexibility index (Phi) is 4.51. The van der Waals surface area contributed by atoms with E-state index in [1.807, 2.05) is 12.3 Å². The number of carbonyl (C=O) groups is 1. The van der Waals surface area contributed by atoms with Gasteiger partial charge in [-0.05, 0) is 6.42 Å². The third-order valence-electron chi connectivity index (χ3n) is 1.88. The summed E-state index contributed by atoms with van der Waals surface area (Å²) >= 11 is 1.40. The number of aryl methyl sites for hydroxylation is 1. The third-order valence-corrected chi connectivity index (χ3v) is 2.70. The summed E-state index contributed by atoms with van der Waals surface area (Å²) in [4.78, 5) is 15.4. The molecular formula is C9H14N2O3S. The number of aliphatic hydroxyl groups excluding tert-OH is 1. The van der Waals surface area contributed by atoms with Crippen molar-refractivity contribution in [3.8, 4) is 0 Å². The number of hydrogen-bond donors (Lipinski definition) is 2. The van der Waals surface area contributed by atoms with E-state index < -0.39 is 12.0 Å². The highest BCUT2D eigenvalue weighted by Crippen LogP contribution is 2.16. The molecule has 1 unspecified atom stereocenters. The van der Waals surface area contributed by atoms with Gasteiger partial charge in [0.2, 0.25) is 0 Å². The number of ether oxygens (including phenoxy) is 1. The maximum Gasteiger partial charge on any atom is 0.330 e. The number of aliphatic hydroxyl groups is 1. The fourth-order valence-corrected chi connectivity index (χ4v) is 1.85. The smallest absolute Gasteiger partial charge is 0.330 e. The Bertz CT molecular complexity index is 327. The van der Waals surface area contributed by atoms with Crippen molar-refractivity contribution in [2.24, 2.45) is 0 Å². The van der Waals surface area contributed by atoms with E-state index in [9.17, 15) is 4.79 Å². The Morgan fingerprint density at radius 2 is 2.53 bits per heavy atom. The lowest BCUT2D eigenvalue weighted by Crippen LogP contribution is -2.33. The molecule has 1 rings (SSSR count). The van der Waals surface area contributed by atoms with Crippen LogP contribution < -0.4 is 5.32 Å². The largest absolute Gasteiger partial charge is 0.467 e. The predicted molar refractivity (Wildman–Crippen MR) is 58.0 cm³/mol. The van der Waals surface area contributed by atoms with E-state index in [0.717, 1.165) is 12.1 Å². The number of esters is 1. The quantitative estimate of drug-likeness (QED) is 0.727. The van der Waals surface area contributed by atoms with Crippen LogP contribution in [-0.4, -0.2) is 35.8 Å². The Labute approximate surface area is 92.1 Å². The Balaban J connectivity index is 2.62. The standard InChI is InChI=1S/C9H14N2O3S/c1-3-6-5-15-9(10-6)11-7(4-12)8(13)14-2/h5,7,12H,3-4H2,1-2H3,(H,10,11). The van der Waals surface area contributed by atoms with Gasteiger partial charge in [0.15, 0.2) is 5.13 Å². The lowest BCUT2D eigenvalue weighted by molar-refractivity contribution is -0.142. The van der Waals surface area contributed by atoms with Crippen LogP contribution in [0.5, 0.6) is 0 Å². The third kappa shape index (κ3) is 3.17. The molecule has 6 heteroatoms. The molecule has 0 amide bonds. The number of methoxy groups -OCH3 is 1. The van der Waals surface area contributed by atoms with Crippen LogP contribution in [0.1, 0.15) is 12.6 Å². The highest BCUT2D eigenvalue weighted by atomic mass is 32.1. The number of rotatable bonds is 5. The van der Waals surface area contributed by atoms with Gasteiger partial charge in [0, 0.05) is 5.38 Å². The van der Waals surface area contributed by atoms with Gasteiger partial charge in [-0.2, -0.15) is 0 Å². The highest BCUT2D eigenvalue weighted by Gasteiger charge is 2.18. The molecule has 0 aromatic carbocycles. The van der Waals surface area contributed by atoms with Crippen molar-refractivity contribution in [1.82, 2.24) is 4.98 Å². The zero-order valence-electron chi connectivity index (χ0n) is 8.69. The first kappa shape index (κ1) is 11.9. The minimum absolute atomic E-state index is 0.312. The summed E-state index contributed by atoms with van der Waals surface area (Å²) in [7, 11) is 1.28. The van der Waals surface area contributed by atoms with E-state index >= 15 is 0 Å². The number of anilines is 1. The van der Waals surface area contributed by atoms with Gasteiger partial charge in [0.25, 0.3) is 0 Å². The number of nitrogens with zero attached hydrogens (tertiary/aromatic N) is 1. The maximum atomic E-state index is 11.2. The van der Waals surface area contributed by atoms with Gasteiger partial charge in [-0.1, -0.05) is 6.92 Å². The lowest BCUT2D eigenvalue weighted by atomic mass is 10.3. The van der Waals surface area contributed by atoms with Crippen LogP contribution in [0.25, 0.3) is 0 Å². The summed E-state index contributed by atoms with van der Waals surface area (Å²) < 4.78 is 4.52. The molecule has 0 fully saturated rings. The van der Waals surface area contributed by atoms with Crippen LogP contribution >= 0.6 is 11.3 Å². The average molecular weight is 230 g/mol. The molecule has 0 radical (unpaired) electrons. The zero-order valence-corrected chi connectivity index (χ0v) is 9.50. The molecule has 0 bridgehead atoms. The van der Waals surface area contributed by atoms with Gasteiger partial charge in [0.05, 0.1) is 19.4 Å². The highest BCUT2D eigenvalue weighted by molar-refractivity contribution is 7.13. The zero-order chi connectivity index (χ0) is 11.3. The van der Waals surface area contributed by atoms with Gasteiger partial charge < -0.3 is 15.2 Å². The van der Waals surface area contributed by atoms with Crippen molar-refractivity contribution in [1.29, 1.82) is 0 Å². The monoisotopic (exact) mass is 230 g/mol. The minimum Gasteiger partial charge on any atom is -0.467 e. The fraction of sp³-hybridized carbons (Fsp3) is 0.556. The molecule has 5 nitrogen and oxygen atoms in total. The summed E-state index contributed by atoms with van der Waals surface area (Å²) in [6.07, 6.45) is 0.847. The topological polar surface area (TPSA) is 71.5 Å². The molecule has 0 aliphatic carbocycles. The van der Waals surface area contributed by atoms with Crippen LogP contribution in [-0.2, 0) is 16.0 Å². The number of nitrogens with one attached hydrogen (secondary N) is 1. The number of carbonyl (C=O) groups excluding carboxylic acids is 1. The number of hydrogen-bond acceptors (Lipinski definition) is 6. The summed E-state index contributed by atoms with van der Waals surface area (Å²) in [6.45, 7) is 1.69. The van der Waals surface area contributed by atoms with Crippen LogP contribution in [0, 0.1) is 0 Å². The van der Waals surface area contributed by atoms with Crippen LogP contribution in [0.4, 0.5) is 5.13 Å². The molecule has 0 spiro atoms. The summed E-state index contributed by atoms with van der Waals surface area (Å²) in [5.74, 6) is -0.495. The van der Waals surface area contributed by atoms with Crippen molar-refractivity contribution in [2.75, 3.05) is 19.0 Å². The molecule has 1 atom stereocenters. The molecular weight excluding hydrogens is 216 g/mol. The van der Waals surface area contributed by atoms with E-state index in [1.54, 1.807) is 0 Å². The first-order valence-electron chi connectivity index (χ1n) is 4.60. The van der Waals surface area contributed by atoms with Gasteiger partial charge in [-0.25, -0.2) is 9.78 Å². The Hall–Kier alpha value is -1.14. The average Bonchev–Trinajstić information content (AvgIpc) is 2.72. The van der Waals surface area contributed by atoms with Crippen molar-refractivity contribution < 1.29 is 14.6 Å². The second-order valence-electron chi connectivity index (χ2n) is 2.90. The van der Waals surface area contributed by atoms with E-state index in [-0.39, 0.29) is 6.61 Å². The van der Waals surface area contributed by atoms with Gasteiger partial charge in [0.1, 0.15) is 6.04 Å². The van der Waals surface area contributed by atoms with Gasteiger partial charge >= 0.3 is 5.97 Å². The number of aromatic nitrogens is 1.